The van der Waals surface area contributed by atoms with Gasteiger partial charge in [0.15, 0.2) is 17.3 Å². The summed E-state index contributed by atoms with van der Waals surface area (Å²) in [5, 5.41) is 15.6. The van der Waals surface area contributed by atoms with Crippen molar-refractivity contribution in [1.82, 2.24) is 20.2 Å². The molecule has 2 aromatic carbocycles. The summed E-state index contributed by atoms with van der Waals surface area (Å²) in [4.78, 5) is 0. The Kier molecular flexibility index (Phi) is 3.92. The lowest BCUT2D eigenvalue weighted by Gasteiger charge is -2.20. The lowest BCUT2D eigenvalue weighted by Crippen LogP contribution is -2.16. The summed E-state index contributed by atoms with van der Waals surface area (Å²) < 4.78 is 12.8. The van der Waals surface area contributed by atoms with Crippen molar-refractivity contribution in [3.05, 3.63) is 53.3 Å². The summed E-state index contributed by atoms with van der Waals surface area (Å²) in [7, 11) is 0. The van der Waals surface area contributed by atoms with E-state index in [0.29, 0.717) is 42.1 Å². The fourth-order valence-corrected chi connectivity index (χ4v) is 2.68. The van der Waals surface area contributed by atoms with E-state index in [-0.39, 0.29) is 0 Å². The van der Waals surface area contributed by atoms with E-state index in [1.54, 1.807) is 10.7 Å². The molecule has 0 radical (unpaired) electrons. The van der Waals surface area contributed by atoms with Gasteiger partial charge < -0.3 is 14.8 Å². The molecule has 0 bridgehead atoms. The van der Waals surface area contributed by atoms with Crippen LogP contribution < -0.4 is 14.8 Å². The number of anilines is 1. The minimum Gasteiger partial charge on any atom is -0.486 e. The minimum atomic E-state index is 0.418. The number of nitrogens with one attached hydrogen (secondary N) is 1. The fraction of sp³-hybridized carbons (Fsp3) is 0.188. The molecule has 4 rings (SSSR count). The van der Waals surface area contributed by atoms with Crippen molar-refractivity contribution < 1.29 is 9.47 Å². The molecule has 0 amide bonds. The molecule has 0 saturated carbocycles. The summed E-state index contributed by atoms with van der Waals surface area (Å²) in [5.74, 6) is 2.01. The van der Waals surface area contributed by atoms with Crippen LogP contribution in [-0.2, 0) is 6.54 Å². The lowest BCUT2D eigenvalue weighted by molar-refractivity contribution is 0.171. The van der Waals surface area contributed by atoms with Gasteiger partial charge >= 0.3 is 0 Å². The molecule has 0 atom stereocenters. The zero-order valence-electron chi connectivity index (χ0n) is 12.6. The van der Waals surface area contributed by atoms with E-state index in [1.807, 2.05) is 36.4 Å². The van der Waals surface area contributed by atoms with E-state index in [0.717, 1.165) is 11.4 Å². The van der Waals surface area contributed by atoms with Crippen LogP contribution in [0.1, 0.15) is 5.82 Å². The maximum atomic E-state index is 6.30. The second kappa shape index (κ2) is 6.37. The number of nitrogens with zero attached hydrogens (tertiary/aromatic N) is 4. The standard InChI is InChI=1S/C16H14ClN5O2/c17-12-8-14-15(24-7-6-23-14)9-13(12)18-10-16-19-20-21-22(16)11-4-2-1-3-5-11/h1-5,8-9,18H,6-7,10H2. The van der Waals surface area contributed by atoms with Crippen LogP contribution in [0.5, 0.6) is 11.5 Å². The number of hydrogen-bond acceptors (Lipinski definition) is 6. The van der Waals surface area contributed by atoms with Gasteiger partial charge in [-0.3, -0.25) is 0 Å². The van der Waals surface area contributed by atoms with Crippen molar-refractivity contribution in [3.63, 3.8) is 0 Å². The quantitative estimate of drug-likeness (QED) is 0.785. The Bertz CT molecular complexity index is 853. The lowest BCUT2D eigenvalue weighted by atomic mass is 10.2. The Labute approximate surface area is 143 Å². The van der Waals surface area contributed by atoms with E-state index < -0.39 is 0 Å². The highest BCUT2D eigenvalue weighted by Gasteiger charge is 2.16. The third-order valence-electron chi connectivity index (χ3n) is 3.60. The molecule has 7 nitrogen and oxygen atoms in total. The number of aromatic nitrogens is 4. The number of halogens is 1. The first kappa shape index (κ1) is 14.8. The highest BCUT2D eigenvalue weighted by atomic mass is 35.5. The van der Waals surface area contributed by atoms with E-state index in [4.69, 9.17) is 21.1 Å². The van der Waals surface area contributed by atoms with E-state index in [1.165, 1.54) is 0 Å². The van der Waals surface area contributed by atoms with Gasteiger partial charge in [0.2, 0.25) is 0 Å². The van der Waals surface area contributed by atoms with Gasteiger partial charge in [-0.25, -0.2) is 0 Å². The predicted molar refractivity (Wildman–Crippen MR) is 88.9 cm³/mol. The molecular weight excluding hydrogens is 330 g/mol. The van der Waals surface area contributed by atoms with Gasteiger partial charge in [0.05, 0.1) is 22.9 Å². The van der Waals surface area contributed by atoms with Crippen LogP contribution in [0, 0.1) is 0 Å². The van der Waals surface area contributed by atoms with Gasteiger partial charge in [0.25, 0.3) is 0 Å². The van der Waals surface area contributed by atoms with Crippen molar-refractivity contribution in [3.8, 4) is 17.2 Å². The number of fused-ring (bicyclic) bond motifs is 1. The summed E-state index contributed by atoms with van der Waals surface area (Å²) >= 11 is 6.30. The third-order valence-corrected chi connectivity index (χ3v) is 3.92. The minimum absolute atomic E-state index is 0.418. The highest BCUT2D eigenvalue weighted by Crippen LogP contribution is 2.38. The Morgan fingerprint density at radius 2 is 1.83 bits per heavy atom. The number of rotatable bonds is 4. The number of para-hydroxylation sites is 1. The van der Waals surface area contributed by atoms with Crippen molar-refractivity contribution in [2.75, 3.05) is 18.5 Å². The number of tetrazole rings is 1. The number of hydrogen-bond donors (Lipinski definition) is 1. The average molecular weight is 344 g/mol. The van der Waals surface area contributed by atoms with Crippen molar-refractivity contribution in [2.45, 2.75) is 6.54 Å². The molecular formula is C16H14ClN5O2. The van der Waals surface area contributed by atoms with Crippen LogP contribution in [0.15, 0.2) is 42.5 Å². The molecule has 122 valence electrons. The molecule has 0 spiro atoms. The first-order chi connectivity index (χ1) is 11.8. The SMILES string of the molecule is Clc1cc2c(cc1NCc1nnnn1-c1ccccc1)OCCO2. The average Bonchev–Trinajstić information content (AvgIpc) is 3.09. The molecule has 8 heteroatoms. The fourth-order valence-electron chi connectivity index (χ4n) is 2.46. The van der Waals surface area contributed by atoms with Crippen LogP contribution in [-0.4, -0.2) is 33.4 Å². The van der Waals surface area contributed by atoms with Gasteiger partial charge in [-0.15, -0.1) is 5.10 Å². The molecule has 1 N–H and O–H groups in total. The molecule has 1 aromatic heterocycles. The van der Waals surface area contributed by atoms with Crippen LogP contribution in [0.25, 0.3) is 5.69 Å². The summed E-state index contributed by atoms with van der Waals surface area (Å²) in [6.45, 7) is 1.48. The molecule has 0 unspecified atom stereocenters. The molecule has 0 saturated heterocycles. The van der Waals surface area contributed by atoms with Crippen LogP contribution in [0.4, 0.5) is 5.69 Å². The Balaban J connectivity index is 1.55. The van der Waals surface area contributed by atoms with Crippen LogP contribution >= 0.6 is 11.6 Å². The molecule has 24 heavy (non-hydrogen) atoms. The van der Waals surface area contributed by atoms with Gasteiger partial charge in [-0.1, -0.05) is 29.8 Å². The Morgan fingerprint density at radius 3 is 2.62 bits per heavy atom. The topological polar surface area (TPSA) is 74.1 Å². The second-order valence-electron chi connectivity index (χ2n) is 5.17. The van der Waals surface area contributed by atoms with E-state index in [2.05, 4.69) is 20.8 Å². The van der Waals surface area contributed by atoms with Crippen LogP contribution in [0.3, 0.4) is 0 Å². The number of ether oxygens (including phenoxy) is 2. The van der Waals surface area contributed by atoms with E-state index >= 15 is 0 Å². The number of benzene rings is 2. The zero-order chi connectivity index (χ0) is 16.4. The molecule has 2 heterocycles. The van der Waals surface area contributed by atoms with E-state index in [9.17, 15) is 0 Å². The maximum absolute atomic E-state index is 6.30. The van der Waals surface area contributed by atoms with Crippen molar-refractivity contribution in [2.24, 2.45) is 0 Å². The predicted octanol–water partition coefficient (Wildman–Crippen LogP) is 2.70. The van der Waals surface area contributed by atoms with Crippen molar-refractivity contribution in [1.29, 1.82) is 0 Å². The largest absolute Gasteiger partial charge is 0.486 e. The summed E-state index contributed by atoms with van der Waals surface area (Å²) in [5.41, 5.74) is 1.64. The molecule has 3 aromatic rings. The van der Waals surface area contributed by atoms with Gasteiger partial charge in [0.1, 0.15) is 13.2 Å². The monoisotopic (exact) mass is 343 g/mol. The van der Waals surface area contributed by atoms with Crippen molar-refractivity contribution >= 4 is 17.3 Å². The summed E-state index contributed by atoms with van der Waals surface area (Å²) in [6, 6.07) is 13.3. The van der Waals surface area contributed by atoms with Gasteiger partial charge in [-0.2, -0.15) is 4.68 Å². The molecule has 0 aliphatic carbocycles. The molecule has 1 aliphatic heterocycles. The molecule has 0 fully saturated rings. The van der Waals surface area contributed by atoms with Gasteiger partial charge in [-0.05, 0) is 22.6 Å². The highest BCUT2D eigenvalue weighted by molar-refractivity contribution is 6.33. The zero-order valence-corrected chi connectivity index (χ0v) is 13.4. The smallest absolute Gasteiger partial charge is 0.175 e. The Hall–Kier alpha value is -2.80. The van der Waals surface area contributed by atoms with Crippen LogP contribution in [0.2, 0.25) is 5.02 Å². The third kappa shape index (κ3) is 2.85. The van der Waals surface area contributed by atoms with Gasteiger partial charge in [0, 0.05) is 12.1 Å². The normalized spacial score (nSPS) is 12.9. The first-order valence-corrected chi connectivity index (χ1v) is 7.85. The second-order valence-corrected chi connectivity index (χ2v) is 5.58. The molecule has 1 aliphatic rings. The maximum Gasteiger partial charge on any atom is 0.175 e. The summed E-state index contributed by atoms with van der Waals surface area (Å²) in [6.07, 6.45) is 0. The first-order valence-electron chi connectivity index (χ1n) is 7.47. The Morgan fingerprint density at radius 1 is 1.08 bits per heavy atom.